The van der Waals surface area contributed by atoms with E-state index in [0.29, 0.717) is 11.1 Å². The molecular weight excluding hydrogens is 346 g/mol. The maximum atomic E-state index is 12.4. The third-order valence-electron chi connectivity index (χ3n) is 3.47. The molecule has 3 rings (SSSR count). The molecule has 0 aliphatic carbocycles. The number of carbonyl (C=O) groups excluding carboxylic acids is 2. The Morgan fingerprint density at radius 3 is 2.72 bits per heavy atom. The number of hydrogen-bond acceptors (Lipinski definition) is 7. The van der Waals surface area contributed by atoms with Gasteiger partial charge < -0.3 is 19.2 Å². The average molecular weight is 359 g/mol. The van der Waals surface area contributed by atoms with Crippen molar-refractivity contribution < 1.29 is 23.5 Å². The monoisotopic (exact) mass is 359 g/mol. The minimum atomic E-state index is -0.802. The van der Waals surface area contributed by atoms with Crippen molar-refractivity contribution in [2.24, 2.45) is 0 Å². The van der Waals surface area contributed by atoms with E-state index in [0.717, 1.165) is 11.3 Å². The van der Waals surface area contributed by atoms with E-state index in [-0.39, 0.29) is 21.7 Å². The first-order chi connectivity index (χ1) is 12.0. The molecule has 0 radical (unpaired) electrons. The van der Waals surface area contributed by atoms with E-state index < -0.39 is 17.5 Å². The predicted molar refractivity (Wildman–Crippen MR) is 92.6 cm³/mol. The van der Waals surface area contributed by atoms with Gasteiger partial charge in [0.05, 0.1) is 19.9 Å². The van der Waals surface area contributed by atoms with Gasteiger partial charge in [0.15, 0.2) is 11.3 Å². The van der Waals surface area contributed by atoms with Crippen molar-refractivity contribution in [1.29, 1.82) is 0 Å². The second kappa shape index (κ2) is 6.78. The van der Waals surface area contributed by atoms with Gasteiger partial charge in [-0.05, 0) is 23.6 Å². The quantitative estimate of drug-likeness (QED) is 0.568. The molecule has 0 aliphatic heterocycles. The lowest BCUT2D eigenvalue weighted by molar-refractivity contribution is 0.0607. The standard InChI is InChI=1S/C17H13NO6S/c1-22-12-5-3-4-9-8-10(16(20)24-13(9)12)15(19)18-11-6-7-25-14(11)17(21)23-2/h3-8H,1-2H3,(H,18,19). The molecule has 7 nitrogen and oxygen atoms in total. The van der Waals surface area contributed by atoms with Crippen molar-refractivity contribution in [3.63, 3.8) is 0 Å². The fraction of sp³-hybridized carbons (Fsp3) is 0.118. The summed E-state index contributed by atoms with van der Waals surface area (Å²) < 4.78 is 15.0. The number of esters is 1. The van der Waals surface area contributed by atoms with Crippen molar-refractivity contribution in [2.75, 3.05) is 19.5 Å². The first kappa shape index (κ1) is 16.7. The Bertz CT molecular complexity index is 1020. The summed E-state index contributed by atoms with van der Waals surface area (Å²) in [6, 6.07) is 8.04. The molecule has 0 fully saturated rings. The average Bonchev–Trinajstić information content (AvgIpc) is 3.07. The van der Waals surface area contributed by atoms with Gasteiger partial charge >= 0.3 is 11.6 Å². The van der Waals surface area contributed by atoms with Gasteiger partial charge in [0.1, 0.15) is 10.4 Å². The molecule has 0 atom stereocenters. The lowest BCUT2D eigenvalue weighted by Crippen LogP contribution is -2.21. The summed E-state index contributed by atoms with van der Waals surface area (Å²) in [5.74, 6) is -0.852. The molecule has 1 amide bonds. The Hall–Kier alpha value is -3.13. The van der Waals surface area contributed by atoms with Crippen LogP contribution in [0.1, 0.15) is 20.0 Å². The Kier molecular flexibility index (Phi) is 4.53. The van der Waals surface area contributed by atoms with Gasteiger partial charge in [0.2, 0.25) is 0 Å². The minimum absolute atomic E-state index is 0.178. The molecule has 0 spiro atoms. The number of thiophene rings is 1. The molecule has 8 heteroatoms. The molecule has 2 aromatic heterocycles. The first-order valence-electron chi connectivity index (χ1n) is 7.13. The lowest BCUT2D eigenvalue weighted by Gasteiger charge is -2.07. The highest BCUT2D eigenvalue weighted by Crippen LogP contribution is 2.26. The maximum absolute atomic E-state index is 12.4. The van der Waals surface area contributed by atoms with E-state index in [9.17, 15) is 14.4 Å². The molecule has 128 valence electrons. The number of para-hydroxylation sites is 1. The Balaban J connectivity index is 1.98. The molecule has 0 saturated carbocycles. The highest BCUT2D eigenvalue weighted by molar-refractivity contribution is 7.12. The largest absolute Gasteiger partial charge is 0.493 e. The van der Waals surface area contributed by atoms with Gasteiger partial charge in [-0.2, -0.15) is 0 Å². The van der Waals surface area contributed by atoms with Crippen LogP contribution in [-0.4, -0.2) is 26.1 Å². The van der Waals surface area contributed by atoms with Crippen LogP contribution in [0.25, 0.3) is 11.0 Å². The fourth-order valence-electron chi connectivity index (χ4n) is 2.28. The van der Waals surface area contributed by atoms with Crippen LogP contribution in [0.3, 0.4) is 0 Å². The van der Waals surface area contributed by atoms with Crippen molar-refractivity contribution >= 4 is 39.9 Å². The molecule has 0 saturated heterocycles. The zero-order valence-corrected chi connectivity index (χ0v) is 14.1. The summed E-state index contributed by atoms with van der Waals surface area (Å²) in [6.07, 6.45) is 0. The SMILES string of the molecule is COC(=O)c1sccc1NC(=O)c1cc2cccc(OC)c2oc1=O. The zero-order valence-electron chi connectivity index (χ0n) is 13.3. The van der Waals surface area contributed by atoms with E-state index in [1.54, 1.807) is 29.6 Å². The normalized spacial score (nSPS) is 10.5. The number of carbonyl (C=O) groups is 2. The van der Waals surface area contributed by atoms with Crippen LogP contribution in [0.5, 0.6) is 5.75 Å². The number of nitrogens with one attached hydrogen (secondary N) is 1. The maximum Gasteiger partial charge on any atom is 0.350 e. The van der Waals surface area contributed by atoms with Gasteiger partial charge in [0.25, 0.3) is 5.91 Å². The van der Waals surface area contributed by atoms with Gasteiger partial charge in [-0.25, -0.2) is 9.59 Å². The number of fused-ring (bicyclic) bond motifs is 1. The van der Waals surface area contributed by atoms with E-state index in [4.69, 9.17) is 9.15 Å². The Morgan fingerprint density at radius 1 is 1.20 bits per heavy atom. The molecular formula is C17H13NO6S. The smallest absolute Gasteiger partial charge is 0.350 e. The fourth-order valence-corrected chi connectivity index (χ4v) is 3.05. The van der Waals surface area contributed by atoms with E-state index in [2.05, 4.69) is 10.1 Å². The number of hydrogen-bond donors (Lipinski definition) is 1. The Morgan fingerprint density at radius 2 is 2.00 bits per heavy atom. The first-order valence-corrected chi connectivity index (χ1v) is 8.01. The molecule has 1 N–H and O–H groups in total. The van der Waals surface area contributed by atoms with Crippen LogP contribution >= 0.6 is 11.3 Å². The van der Waals surface area contributed by atoms with E-state index in [1.807, 2.05) is 0 Å². The summed E-state index contributed by atoms with van der Waals surface area (Å²) in [5, 5.41) is 4.71. The molecule has 0 bridgehead atoms. The summed E-state index contributed by atoms with van der Waals surface area (Å²) in [5.41, 5.74) is -0.448. The van der Waals surface area contributed by atoms with E-state index in [1.165, 1.54) is 20.3 Å². The van der Waals surface area contributed by atoms with Crippen molar-refractivity contribution in [2.45, 2.75) is 0 Å². The van der Waals surface area contributed by atoms with Crippen LogP contribution in [-0.2, 0) is 4.74 Å². The third kappa shape index (κ3) is 3.11. The number of anilines is 1. The predicted octanol–water partition coefficient (Wildman–Crippen LogP) is 2.90. The third-order valence-corrected chi connectivity index (χ3v) is 4.37. The van der Waals surface area contributed by atoms with Gasteiger partial charge in [-0.3, -0.25) is 4.79 Å². The second-order valence-corrected chi connectivity index (χ2v) is 5.85. The highest BCUT2D eigenvalue weighted by Gasteiger charge is 2.19. The second-order valence-electron chi connectivity index (χ2n) is 4.94. The molecule has 2 heterocycles. The number of methoxy groups -OCH3 is 2. The minimum Gasteiger partial charge on any atom is -0.493 e. The van der Waals surface area contributed by atoms with Gasteiger partial charge in [-0.15, -0.1) is 11.3 Å². The van der Waals surface area contributed by atoms with Crippen molar-refractivity contribution in [3.05, 3.63) is 56.6 Å². The van der Waals surface area contributed by atoms with Crippen LogP contribution in [0.4, 0.5) is 5.69 Å². The number of benzene rings is 1. The molecule has 0 unspecified atom stereocenters. The van der Waals surface area contributed by atoms with Crippen LogP contribution < -0.4 is 15.7 Å². The highest BCUT2D eigenvalue weighted by atomic mass is 32.1. The molecule has 25 heavy (non-hydrogen) atoms. The number of amides is 1. The van der Waals surface area contributed by atoms with Crippen molar-refractivity contribution in [3.8, 4) is 5.75 Å². The van der Waals surface area contributed by atoms with Crippen LogP contribution in [0.15, 0.2) is 44.9 Å². The molecule has 1 aromatic carbocycles. The van der Waals surface area contributed by atoms with Crippen LogP contribution in [0.2, 0.25) is 0 Å². The zero-order chi connectivity index (χ0) is 18.0. The van der Waals surface area contributed by atoms with Gasteiger partial charge in [-0.1, -0.05) is 12.1 Å². The molecule has 0 aliphatic rings. The summed E-state index contributed by atoms with van der Waals surface area (Å²) in [6.45, 7) is 0. The summed E-state index contributed by atoms with van der Waals surface area (Å²) in [4.78, 5) is 36.5. The Labute approximate surface area is 145 Å². The summed E-state index contributed by atoms with van der Waals surface area (Å²) in [7, 11) is 2.71. The number of ether oxygens (including phenoxy) is 2. The molecule has 3 aromatic rings. The van der Waals surface area contributed by atoms with Crippen LogP contribution in [0, 0.1) is 0 Å². The number of rotatable bonds is 4. The van der Waals surface area contributed by atoms with Crippen molar-refractivity contribution in [1.82, 2.24) is 0 Å². The lowest BCUT2D eigenvalue weighted by atomic mass is 10.1. The topological polar surface area (TPSA) is 94.8 Å². The van der Waals surface area contributed by atoms with E-state index >= 15 is 0 Å². The van der Waals surface area contributed by atoms with Gasteiger partial charge in [0, 0.05) is 5.39 Å². The summed E-state index contributed by atoms with van der Waals surface area (Å²) >= 11 is 1.12.